The molecule has 0 aromatic carbocycles. The molecular formula is C12H16BrClN4. The Hall–Kier alpha value is -0.390. The minimum absolute atomic E-state index is 0.486. The summed E-state index contributed by atoms with van der Waals surface area (Å²) in [4.78, 5) is 13.1. The van der Waals surface area contributed by atoms with Gasteiger partial charge in [0.1, 0.15) is 17.3 Å². The molecular weight excluding hydrogens is 316 g/mol. The van der Waals surface area contributed by atoms with Gasteiger partial charge in [0.25, 0.3) is 0 Å². The third-order valence-electron chi connectivity index (χ3n) is 3.61. The lowest BCUT2D eigenvalue weighted by atomic mass is 10.3. The first kappa shape index (κ1) is 12.6. The Balaban J connectivity index is 1.62. The SMILES string of the molecule is Clc1ncnc(N2CCN(CC3CC3)CC2)c1Br. The summed E-state index contributed by atoms with van der Waals surface area (Å²) >= 11 is 9.47. The topological polar surface area (TPSA) is 32.3 Å². The van der Waals surface area contributed by atoms with E-state index in [1.807, 2.05) is 0 Å². The van der Waals surface area contributed by atoms with Crippen LogP contribution in [0.2, 0.25) is 5.15 Å². The van der Waals surface area contributed by atoms with Crippen LogP contribution in [-0.2, 0) is 0 Å². The minimum Gasteiger partial charge on any atom is -0.353 e. The highest BCUT2D eigenvalue weighted by atomic mass is 79.9. The second kappa shape index (κ2) is 5.31. The Morgan fingerprint density at radius 2 is 1.94 bits per heavy atom. The smallest absolute Gasteiger partial charge is 0.148 e. The molecule has 0 N–H and O–H groups in total. The van der Waals surface area contributed by atoms with Crippen molar-refractivity contribution >= 4 is 33.3 Å². The molecule has 0 amide bonds. The summed E-state index contributed by atoms with van der Waals surface area (Å²) in [5, 5.41) is 0.486. The van der Waals surface area contributed by atoms with E-state index in [0.717, 1.165) is 42.4 Å². The fourth-order valence-electron chi connectivity index (χ4n) is 2.37. The third kappa shape index (κ3) is 2.78. The molecule has 0 spiro atoms. The molecule has 98 valence electrons. The summed E-state index contributed by atoms with van der Waals surface area (Å²) in [6.45, 7) is 5.53. The Morgan fingerprint density at radius 1 is 1.22 bits per heavy atom. The van der Waals surface area contributed by atoms with Crippen molar-refractivity contribution in [3.63, 3.8) is 0 Å². The zero-order valence-electron chi connectivity index (χ0n) is 10.1. The molecule has 2 heterocycles. The molecule has 0 atom stereocenters. The highest BCUT2D eigenvalue weighted by molar-refractivity contribution is 9.10. The van der Waals surface area contributed by atoms with E-state index < -0.39 is 0 Å². The number of rotatable bonds is 3. The van der Waals surface area contributed by atoms with E-state index >= 15 is 0 Å². The molecule has 1 saturated carbocycles. The summed E-state index contributed by atoms with van der Waals surface area (Å²) in [6.07, 6.45) is 4.37. The van der Waals surface area contributed by atoms with Gasteiger partial charge in [-0.15, -0.1) is 0 Å². The normalized spacial score (nSPS) is 21.3. The van der Waals surface area contributed by atoms with Gasteiger partial charge >= 0.3 is 0 Å². The Bertz CT molecular complexity index is 430. The molecule has 1 aromatic heterocycles. The monoisotopic (exact) mass is 330 g/mol. The van der Waals surface area contributed by atoms with Gasteiger partial charge in [-0.25, -0.2) is 9.97 Å². The number of anilines is 1. The molecule has 1 saturated heterocycles. The van der Waals surface area contributed by atoms with E-state index in [-0.39, 0.29) is 0 Å². The first-order valence-electron chi connectivity index (χ1n) is 6.37. The molecule has 0 radical (unpaired) electrons. The van der Waals surface area contributed by atoms with E-state index in [1.165, 1.54) is 25.7 Å². The van der Waals surface area contributed by atoms with Gasteiger partial charge in [-0.05, 0) is 34.7 Å². The third-order valence-corrected chi connectivity index (χ3v) is 4.86. The predicted octanol–water partition coefficient (Wildman–Crippen LogP) is 2.42. The lowest BCUT2D eigenvalue weighted by Gasteiger charge is -2.35. The highest BCUT2D eigenvalue weighted by Gasteiger charge is 2.27. The number of hydrogen-bond acceptors (Lipinski definition) is 4. The molecule has 2 fully saturated rings. The maximum absolute atomic E-state index is 6.00. The van der Waals surface area contributed by atoms with Crippen molar-refractivity contribution in [3.8, 4) is 0 Å². The number of nitrogens with zero attached hydrogens (tertiary/aromatic N) is 4. The second-order valence-corrected chi connectivity index (χ2v) is 6.18. The minimum atomic E-state index is 0.486. The Kier molecular flexibility index (Phi) is 3.73. The highest BCUT2D eigenvalue weighted by Crippen LogP contribution is 2.32. The van der Waals surface area contributed by atoms with Crippen molar-refractivity contribution < 1.29 is 0 Å². The average Bonchev–Trinajstić information content (AvgIpc) is 3.18. The van der Waals surface area contributed by atoms with Crippen LogP contribution in [0.3, 0.4) is 0 Å². The lowest BCUT2D eigenvalue weighted by molar-refractivity contribution is 0.247. The van der Waals surface area contributed by atoms with Crippen LogP contribution in [0.5, 0.6) is 0 Å². The standard InChI is InChI=1S/C12H16BrClN4/c13-10-11(14)15-8-16-12(10)18-5-3-17(4-6-18)7-9-1-2-9/h8-9H,1-7H2. The van der Waals surface area contributed by atoms with Gasteiger partial charge in [-0.1, -0.05) is 11.6 Å². The molecule has 2 aliphatic rings. The maximum atomic E-state index is 6.00. The number of piperazine rings is 1. The summed E-state index contributed by atoms with van der Waals surface area (Å²) < 4.78 is 0.808. The van der Waals surface area contributed by atoms with Crippen LogP contribution in [0.4, 0.5) is 5.82 Å². The first-order valence-corrected chi connectivity index (χ1v) is 7.54. The zero-order chi connectivity index (χ0) is 12.5. The van der Waals surface area contributed by atoms with Crippen molar-refractivity contribution in [2.24, 2.45) is 5.92 Å². The van der Waals surface area contributed by atoms with Crippen molar-refractivity contribution in [2.75, 3.05) is 37.6 Å². The van der Waals surface area contributed by atoms with Crippen LogP contribution in [0, 0.1) is 5.92 Å². The van der Waals surface area contributed by atoms with Gasteiger partial charge in [0, 0.05) is 32.7 Å². The molecule has 0 unspecified atom stereocenters. The molecule has 6 heteroatoms. The van der Waals surface area contributed by atoms with Crippen LogP contribution in [-0.4, -0.2) is 47.6 Å². The van der Waals surface area contributed by atoms with Crippen molar-refractivity contribution in [1.82, 2.24) is 14.9 Å². The molecule has 18 heavy (non-hydrogen) atoms. The van der Waals surface area contributed by atoms with E-state index in [1.54, 1.807) is 0 Å². The van der Waals surface area contributed by atoms with Crippen LogP contribution in [0.15, 0.2) is 10.8 Å². The zero-order valence-corrected chi connectivity index (χ0v) is 12.5. The molecule has 1 aromatic rings. The van der Waals surface area contributed by atoms with E-state index in [2.05, 4.69) is 35.7 Å². The van der Waals surface area contributed by atoms with Crippen LogP contribution >= 0.6 is 27.5 Å². The fraction of sp³-hybridized carbons (Fsp3) is 0.667. The number of halogens is 2. The second-order valence-electron chi connectivity index (χ2n) is 5.03. The number of aromatic nitrogens is 2. The average molecular weight is 332 g/mol. The predicted molar refractivity (Wildman–Crippen MR) is 76.1 cm³/mol. The van der Waals surface area contributed by atoms with Crippen molar-refractivity contribution in [3.05, 3.63) is 16.0 Å². The molecule has 4 nitrogen and oxygen atoms in total. The van der Waals surface area contributed by atoms with E-state index in [9.17, 15) is 0 Å². The Labute approximate surface area is 120 Å². The molecule has 1 aliphatic carbocycles. The molecule has 1 aliphatic heterocycles. The van der Waals surface area contributed by atoms with Gasteiger partial charge in [-0.2, -0.15) is 0 Å². The summed E-state index contributed by atoms with van der Waals surface area (Å²) in [7, 11) is 0. The summed E-state index contributed by atoms with van der Waals surface area (Å²) in [5.41, 5.74) is 0. The quantitative estimate of drug-likeness (QED) is 0.796. The largest absolute Gasteiger partial charge is 0.353 e. The first-order chi connectivity index (χ1) is 8.74. The van der Waals surface area contributed by atoms with Gasteiger partial charge in [0.05, 0.1) is 4.47 Å². The summed E-state index contributed by atoms with van der Waals surface area (Å²) in [5.74, 6) is 1.89. The van der Waals surface area contributed by atoms with Gasteiger partial charge < -0.3 is 4.90 Å². The molecule has 0 bridgehead atoms. The van der Waals surface area contributed by atoms with Crippen LogP contribution in [0.25, 0.3) is 0 Å². The van der Waals surface area contributed by atoms with Crippen LogP contribution < -0.4 is 4.90 Å². The van der Waals surface area contributed by atoms with Gasteiger partial charge in [-0.3, -0.25) is 4.90 Å². The van der Waals surface area contributed by atoms with E-state index in [4.69, 9.17) is 11.6 Å². The fourth-order valence-corrected chi connectivity index (χ4v) is 2.95. The van der Waals surface area contributed by atoms with E-state index in [0.29, 0.717) is 5.15 Å². The summed E-state index contributed by atoms with van der Waals surface area (Å²) in [6, 6.07) is 0. The van der Waals surface area contributed by atoms with Gasteiger partial charge in [0.15, 0.2) is 0 Å². The molecule has 3 rings (SSSR count). The van der Waals surface area contributed by atoms with Gasteiger partial charge in [0.2, 0.25) is 0 Å². The van der Waals surface area contributed by atoms with Crippen molar-refractivity contribution in [1.29, 1.82) is 0 Å². The van der Waals surface area contributed by atoms with Crippen LogP contribution in [0.1, 0.15) is 12.8 Å². The Morgan fingerprint density at radius 3 is 2.61 bits per heavy atom. The number of hydrogen-bond donors (Lipinski definition) is 0. The lowest BCUT2D eigenvalue weighted by Crippen LogP contribution is -2.47. The maximum Gasteiger partial charge on any atom is 0.148 e. The van der Waals surface area contributed by atoms with Crippen molar-refractivity contribution in [2.45, 2.75) is 12.8 Å².